The van der Waals surface area contributed by atoms with Crippen LogP contribution in [-0.2, 0) is 23.9 Å². The predicted octanol–water partition coefficient (Wildman–Crippen LogP) is 4.43. The molecule has 1 saturated heterocycles. The number of allylic oxidation sites excluding steroid dienone is 1. The van der Waals surface area contributed by atoms with E-state index in [2.05, 4.69) is 40.0 Å². The summed E-state index contributed by atoms with van der Waals surface area (Å²) in [6, 6.07) is -1.06. The smallest absolute Gasteiger partial charge is 0.287 e. The Kier molecular flexibility index (Phi) is 15.8. The first-order valence-electron chi connectivity index (χ1n) is 18.1. The first-order valence-corrected chi connectivity index (χ1v) is 18.1. The Balaban J connectivity index is 0. The molecule has 0 aromatic rings. The molecule has 2 fully saturated rings. The van der Waals surface area contributed by atoms with E-state index >= 15 is 0 Å². The molecule has 0 aromatic carbocycles. The fourth-order valence-electron chi connectivity index (χ4n) is 6.88. The van der Waals surface area contributed by atoms with Crippen molar-refractivity contribution < 1.29 is 35.1 Å². The summed E-state index contributed by atoms with van der Waals surface area (Å²) < 4.78 is 5.95. The summed E-state index contributed by atoms with van der Waals surface area (Å²) in [5.74, 6) is -0.134. The van der Waals surface area contributed by atoms with Crippen LogP contribution in [0.3, 0.4) is 0 Å². The molecule has 4 rings (SSSR count). The fourth-order valence-corrected chi connectivity index (χ4v) is 6.88. The van der Waals surface area contributed by atoms with Gasteiger partial charge in [-0.05, 0) is 64.2 Å². The van der Waals surface area contributed by atoms with Crippen LogP contribution in [0.15, 0.2) is 36.6 Å². The first kappa shape index (κ1) is 39.4. The maximum atomic E-state index is 13.7. The monoisotopic (exact) mass is 680 g/mol. The molecule has 0 bridgehead atoms. The van der Waals surface area contributed by atoms with Crippen LogP contribution in [0.5, 0.6) is 0 Å². The molecule has 0 spiro atoms. The molecule has 3 amide bonds. The number of carbonyl (C=O) groups excluding carboxylic acids is 4. The molecule has 4 aliphatic rings. The number of nitrogens with one attached hydrogen (secondary N) is 4. The lowest BCUT2D eigenvalue weighted by molar-refractivity contribution is -0.139. The number of rotatable bonds is 10. The quantitative estimate of drug-likeness (QED) is 0.151. The molecule has 6 atom stereocenters. The highest BCUT2D eigenvalue weighted by molar-refractivity contribution is 6.36. The second-order valence-electron chi connectivity index (χ2n) is 14.9. The number of Topliss-reactive ketones (excluding diaryl/α,β-unsaturated/α-hetero) is 1. The molecular weight excluding hydrogens is 610 g/mol. The summed E-state index contributed by atoms with van der Waals surface area (Å²) in [5, 5.41) is 12.0. The van der Waals surface area contributed by atoms with Crippen molar-refractivity contribution in [2.75, 3.05) is 26.4 Å². The third-order valence-corrected chi connectivity index (χ3v) is 9.84. The molecule has 1 saturated carbocycles. The van der Waals surface area contributed by atoms with Crippen LogP contribution >= 0.6 is 0 Å². The van der Waals surface area contributed by atoms with E-state index in [4.69, 9.17) is 4.74 Å². The molecule has 0 radical (unpaired) electrons. The Morgan fingerprint density at radius 2 is 1.67 bits per heavy atom. The van der Waals surface area contributed by atoms with Crippen LogP contribution in [0, 0.1) is 17.8 Å². The van der Waals surface area contributed by atoms with E-state index in [0.717, 1.165) is 68.9 Å². The Hall–Kier alpha value is -3.02. The highest BCUT2D eigenvalue weighted by Gasteiger charge is 2.39. The molecule has 11 nitrogen and oxygen atoms in total. The fraction of sp³-hybridized carbons (Fsp3) is 0.730. The second kappa shape index (κ2) is 19.2. The van der Waals surface area contributed by atoms with Crippen molar-refractivity contribution >= 4 is 23.5 Å². The van der Waals surface area contributed by atoms with Gasteiger partial charge in [-0.2, -0.15) is 0 Å². The van der Waals surface area contributed by atoms with Gasteiger partial charge < -0.3 is 31.1 Å². The standard InChI is InChI=1S/C37H59N5O5.H2O.4H2/c1-26-31(40-25-47-37(2,3)4)15-12-10-8-6-5-7-9-11-14-30(41-35(45)32-16-13-19-42(26)32)22-33(43)36(46)39-24-34(44)38-23-27-17-18-28-21-29(28)20-27;;;;;/h13,16-18,27-32,40H,1,5-12,14-15,19-25H2,2-4H3,(H,38,44)(H,39,46)(H,41,45);1H2;4*1H. The molecule has 0 aromatic heterocycles. The average Bonchev–Trinajstić information content (AvgIpc) is 3.63. The van der Waals surface area contributed by atoms with E-state index in [1.807, 2.05) is 37.8 Å². The molecule has 2 heterocycles. The highest BCUT2D eigenvalue weighted by Crippen LogP contribution is 2.47. The van der Waals surface area contributed by atoms with Crippen molar-refractivity contribution in [2.24, 2.45) is 17.8 Å². The second-order valence-corrected chi connectivity index (χ2v) is 14.9. The lowest BCUT2D eigenvalue weighted by Crippen LogP contribution is -2.50. The molecule has 6 N–H and O–H groups in total. The van der Waals surface area contributed by atoms with Crippen LogP contribution in [-0.4, -0.2) is 84.0 Å². The zero-order chi connectivity index (χ0) is 33.8. The van der Waals surface area contributed by atoms with Crippen molar-refractivity contribution in [1.29, 1.82) is 0 Å². The topological polar surface area (TPSA) is 160 Å². The summed E-state index contributed by atoms with van der Waals surface area (Å²) in [5.41, 5.74) is 0.573. The van der Waals surface area contributed by atoms with Gasteiger partial charge in [-0.1, -0.05) is 82.2 Å². The highest BCUT2D eigenvalue weighted by atomic mass is 16.5. The number of carbonyl (C=O) groups is 4. The lowest BCUT2D eigenvalue weighted by Gasteiger charge is -2.34. The number of hydrogen-bond donors (Lipinski definition) is 4. The summed E-state index contributed by atoms with van der Waals surface area (Å²) in [4.78, 5) is 53.8. The lowest BCUT2D eigenvalue weighted by atomic mass is 9.96. The zero-order valence-electron chi connectivity index (χ0n) is 29.5. The van der Waals surface area contributed by atoms with E-state index in [0.29, 0.717) is 32.2 Å². The number of amides is 3. The van der Waals surface area contributed by atoms with E-state index in [-0.39, 0.29) is 47.6 Å². The van der Waals surface area contributed by atoms with Gasteiger partial charge in [0.05, 0.1) is 18.9 Å². The van der Waals surface area contributed by atoms with Gasteiger partial charge >= 0.3 is 0 Å². The van der Waals surface area contributed by atoms with E-state index in [1.165, 1.54) is 19.3 Å². The maximum absolute atomic E-state index is 13.7. The summed E-state index contributed by atoms with van der Waals surface area (Å²) in [6.07, 6.45) is 20.7. The molecular formula is C37H69N5O6. The van der Waals surface area contributed by atoms with Crippen LogP contribution in [0.25, 0.3) is 0 Å². The zero-order valence-corrected chi connectivity index (χ0v) is 29.5. The van der Waals surface area contributed by atoms with Gasteiger partial charge in [0.25, 0.3) is 5.91 Å². The van der Waals surface area contributed by atoms with Gasteiger partial charge in [0, 0.05) is 43.0 Å². The molecule has 2 aliphatic heterocycles. The Bertz CT molecular complexity index is 1180. The van der Waals surface area contributed by atoms with Crippen molar-refractivity contribution in [1.82, 2.24) is 26.2 Å². The maximum Gasteiger partial charge on any atom is 0.287 e. The minimum atomic E-state index is -0.793. The minimum Gasteiger partial charge on any atom is -0.412 e. The van der Waals surface area contributed by atoms with Crippen molar-refractivity contribution in [3.8, 4) is 0 Å². The molecule has 48 heavy (non-hydrogen) atoms. The molecule has 2 aliphatic carbocycles. The molecule has 278 valence electrons. The molecule has 11 heteroatoms. The number of fused-ring (bicyclic) bond motifs is 2. The minimum absolute atomic E-state index is 0. The summed E-state index contributed by atoms with van der Waals surface area (Å²) >= 11 is 0. The summed E-state index contributed by atoms with van der Waals surface area (Å²) in [7, 11) is 0. The van der Waals surface area contributed by atoms with Gasteiger partial charge in [0.15, 0.2) is 0 Å². The van der Waals surface area contributed by atoms with E-state index in [1.54, 1.807) is 0 Å². The van der Waals surface area contributed by atoms with Gasteiger partial charge in [-0.25, -0.2) is 0 Å². The van der Waals surface area contributed by atoms with Gasteiger partial charge in [0.2, 0.25) is 17.6 Å². The van der Waals surface area contributed by atoms with Crippen LogP contribution in [0.2, 0.25) is 0 Å². The van der Waals surface area contributed by atoms with E-state index in [9.17, 15) is 19.2 Å². The number of ether oxygens (including phenoxy) is 1. The van der Waals surface area contributed by atoms with E-state index < -0.39 is 23.8 Å². The molecule has 6 unspecified atom stereocenters. The third-order valence-electron chi connectivity index (χ3n) is 9.84. The normalized spacial score (nSPS) is 28.3. The number of nitrogens with zero attached hydrogens (tertiary/aromatic N) is 1. The first-order chi connectivity index (χ1) is 22.5. The van der Waals surface area contributed by atoms with Crippen molar-refractivity contribution in [3.05, 3.63) is 36.6 Å². The van der Waals surface area contributed by atoms with Crippen LogP contribution in [0.4, 0.5) is 0 Å². The van der Waals surface area contributed by atoms with Crippen LogP contribution in [0.1, 0.15) is 110 Å². The third kappa shape index (κ3) is 13.1. The number of ketones is 1. The summed E-state index contributed by atoms with van der Waals surface area (Å²) in [6.45, 7) is 11.7. The average molecular weight is 680 g/mol. The Morgan fingerprint density at radius 1 is 0.979 bits per heavy atom. The SMILES string of the molecule is C=C1C(NCOC(C)(C)C)CCCCCCCCCCC(CC(=O)C(=O)NCC(=O)NCC2C=CC3CC3C2)NC(=O)C2C=CCN12.O.[HH].[HH].[HH].[HH]. The Labute approximate surface area is 293 Å². The van der Waals surface area contributed by atoms with Crippen molar-refractivity contribution in [2.45, 2.75) is 128 Å². The van der Waals surface area contributed by atoms with Gasteiger partial charge in [-0.15, -0.1) is 0 Å². The van der Waals surface area contributed by atoms with Gasteiger partial charge in [-0.3, -0.25) is 24.5 Å². The number of hydrogen-bond acceptors (Lipinski definition) is 7. The van der Waals surface area contributed by atoms with Gasteiger partial charge in [0.1, 0.15) is 6.04 Å². The Morgan fingerprint density at radius 3 is 2.35 bits per heavy atom. The predicted molar refractivity (Wildman–Crippen MR) is 196 cm³/mol. The van der Waals surface area contributed by atoms with Crippen molar-refractivity contribution in [3.63, 3.8) is 0 Å². The largest absolute Gasteiger partial charge is 0.412 e. The van der Waals surface area contributed by atoms with Crippen LogP contribution < -0.4 is 21.3 Å².